The number of pyridine rings is 1. The molecular weight excluding hydrogens is 364 g/mol. The minimum Gasteiger partial charge on any atom is -0.259 e. The lowest BCUT2D eigenvalue weighted by Crippen LogP contribution is -1.89. The summed E-state index contributed by atoms with van der Waals surface area (Å²) < 4.78 is 0. The maximum atomic E-state index is 6.31. The molecule has 0 fully saturated rings. The predicted octanol–water partition coefficient (Wildman–Crippen LogP) is 5.47. The highest BCUT2D eigenvalue weighted by Gasteiger charge is 2.08. The van der Waals surface area contributed by atoms with Crippen LogP contribution in [0.1, 0.15) is 17.0 Å². The first-order valence-electron chi connectivity index (χ1n) is 8.10. The first kappa shape index (κ1) is 16.8. The molecule has 0 saturated heterocycles. The molecule has 6 heteroatoms. The Balaban J connectivity index is 1.45. The van der Waals surface area contributed by atoms with Crippen molar-refractivity contribution >= 4 is 46.4 Å². The van der Waals surface area contributed by atoms with Crippen molar-refractivity contribution in [2.24, 2.45) is 0 Å². The number of thioether (sulfide) groups is 1. The zero-order valence-electron chi connectivity index (χ0n) is 13.8. The lowest BCUT2D eigenvalue weighted by atomic mass is 10.2. The summed E-state index contributed by atoms with van der Waals surface area (Å²) in [5, 5.41) is 9.47. The summed E-state index contributed by atoms with van der Waals surface area (Å²) in [6, 6.07) is 20.1. The van der Waals surface area contributed by atoms with E-state index in [1.54, 1.807) is 0 Å². The van der Waals surface area contributed by atoms with Crippen LogP contribution in [-0.2, 0) is 5.75 Å². The van der Waals surface area contributed by atoms with Gasteiger partial charge in [0, 0.05) is 16.7 Å². The summed E-state index contributed by atoms with van der Waals surface area (Å²) >= 11 is 7.83. The molecule has 1 N–H and O–H groups in total. The van der Waals surface area contributed by atoms with Crippen molar-refractivity contribution in [3.05, 3.63) is 82.8 Å². The van der Waals surface area contributed by atoms with Crippen molar-refractivity contribution in [2.75, 3.05) is 0 Å². The zero-order valence-corrected chi connectivity index (χ0v) is 15.3. The molecule has 0 aliphatic heterocycles. The minimum absolute atomic E-state index is 0.524. The number of benzene rings is 2. The number of nitrogens with one attached hydrogen (secondary N) is 1. The largest absolute Gasteiger partial charge is 0.259 e. The molecule has 0 amide bonds. The van der Waals surface area contributed by atoms with Crippen LogP contribution in [0.15, 0.2) is 65.8 Å². The molecule has 0 spiro atoms. The third-order valence-corrected chi connectivity index (χ3v) is 5.05. The Kier molecular flexibility index (Phi) is 5.00. The fourth-order valence-corrected chi connectivity index (χ4v) is 3.59. The third kappa shape index (κ3) is 3.95. The highest BCUT2D eigenvalue weighted by molar-refractivity contribution is 7.98. The Morgan fingerprint density at radius 2 is 1.77 bits per heavy atom. The van der Waals surface area contributed by atoms with E-state index in [1.807, 2.05) is 66.7 Å². The molecule has 2 aromatic carbocycles. The molecule has 0 atom stereocenters. The number of para-hydroxylation sites is 1. The SMILES string of the molecule is Clc1nc2ccccc2cc1CSc1n[nH]c(/C=C/c2ccccc2)n1. The van der Waals surface area contributed by atoms with Crippen LogP contribution in [0.5, 0.6) is 0 Å². The summed E-state index contributed by atoms with van der Waals surface area (Å²) in [5.74, 6) is 1.38. The summed E-state index contributed by atoms with van der Waals surface area (Å²) in [7, 11) is 0. The van der Waals surface area contributed by atoms with E-state index in [2.05, 4.69) is 26.2 Å². The molecule has 0 bridgehead atoms. The van der Waals surface area contributed by atoms with Gasteiger partial charge in [0.2, 0.25) is 5.16 Å². The number of aromatic nitrogens is 4. The van der Waals surface area contributed by atoms with Gasteiger partial charge in [-0.05, 0) is 23.8 Å². The standard InChI is InChI=1S/C20H15ClN4S/c21-19-16(12-15-8-4-5-9-17(15)22-19)13-26-20-23-18(24-25-20)11-10-14-6-2-1-3-7-14/h1-12H,13H2,(H,23,24,25)/b11-10+. The van der Waals surface area contributed by atoms with Gasteiger partial charge in [0.05, 0.1) is 5.52 Å². The second kappa shape index (κ2) is 7.72. The van der Waals surface area contributed by atoms with Crippen LogP contribution in [-0.4, -0.2) is 20.2 Å². The molecule has 0 saturated carbocycles. The molecule has 0 radical (unpaired) electrons. The van der Waals surface area contributed by atoms with Gasteiger partial charge < -0.3 is 0 Å². The quantitative estimate of drug-likeness (QED) is 0.369. The van der Waals surface area contributed by atoms with Crippen LogP contribution in [0.25, 0.3) is 23.1 Å². The molecule has 4 rings (SSSR count). The van der Waals surface area contributed by atoms with E-state index < -0.39 is 0 Å². The van der Waals surface area contributed by atoms with Crippen molar-refractivity contribution < 1.29 is 0 Å². The monoisotopic (exact) mass is 378 g/mol. The highest BCUT2D eigenvalue weighted by Crippen LogP contribution is 2.26. The molecule has 0 unspecified atom stereocenters. The van der Waals surface area contributed by atoms with Gasteiger partial charge in [-0.3, -0.25) is 5.10 Å². The van der Waals surface area contributed by atoms with Gasteiger partial charge in [-0.15, -0.1) is 5.10 Å². The van der Waals surface area contributed by atoms with Gasteiger partial charge in [0.15, 0.2) is 0 Å². The summed E-state index contributed by atoms with van der Waals surface area (Å²) in [4.78, 5) is 8.93. The van der Waals surface area contributed by atoms with Gasteiger partial charge in [-0.2, -0.15) is 0 Å². The molecule has 0 aliphatic rings. The Labute approximate surface area is 160 Å². The lowest BCUT2D eigenvalue weighted by Gasteiger charge is -2.04. The number of hydrogen-bond donors (Lipinski definition) is 1. The van der Waals surface area contributed by atoms with Crippen LogP contribution in [0, 0.1) is 0 Å². The summed E-state index contributed by atoms with van der Waals surface area (Å²) in [6.07, 6.45) is 3.91. The van der Waals surface area contributed by atoms with E-state index >= 15 is 0 Å². The molecule has 4 nitrogen and oxygen atoms in total. The number of fused-ring (bicyclic) bond motifs is 1. The van der Waals surface area contributed by atoms with Crippen LogP contribution in [0.4, 0.5) is 0 Å². The minimum atomic E-state index is 0.524. The maximum absolute atomic E-state index is 6.31. The van der Waals surface area contributed by atoms with E-state index in [1.165, 1.54) is 11.8 Å². The van der Waals surface area contributed by atoms with Crippen molar-refractivity contribution in [2.45, 2.75) is 10.9 Å². The van der Waals surface area contributed by atoms with Crippen molar-refractivity contribution in [1.82, 2.24) is 20.2 Å². The second-order valence-corrected chi connectivity index (χ2v) is 6.97. The Hall–Kier alpha value is -2.63. The molecule has 4 aromatic rings. The Morgan fingerprint density at radius 1 is 0.962 bits per heavy atom. The average Bonchev–Trinajstić information content (AvgIpc) is 3.13. The second-order valence-electron chi connectivity index (χ2n) is 5.67. The molecule has 2 heterocycles. The molecule has 26 heavy (non-hydrogen) atoms. The number of halogens is 1. The summed E-state index contributed by atoms with van der Waals surface area (Å²) in [6.45, 7) is 0. The number of hydrogen-bond acceptors (Lipinski definition) is 4. The Bertz CT molecular complexity index is 1060. The van der Waals surface area contributed by atoms with Crippen LogP contribution in [0.2, 0.25) is 5.15 Å². The Morgan fingerprint density at radius 3 is 2.65 bits per heavy atom. The summed E-state index contributed by atoms with van der Waals surface area (Å²) in [5.41, 5.74) is 2.99. The van der Waals surface area contributed by atoms with Crippen molar-refractivity contribution in [3.63, 3.8) is 0 Å². The molecular formula is C20H15ClN4S. The lowest BCUT2D eigenvalue weighted by molar-refractivity contribution is 0.972. The number of aromatic amines is 1. The topological polar surface area (TPSA) is 54.5 Å². The van der Waals surface area contributed by atoms with Crippen molar-refractivity contribution in [1.29, 1.82) is 0 Å². The zero-order chi connectivity index (χ0) is 17.8. The van der Waals surface area contributed by atoms with Crippen LogP contribution >= 0.6 is 23.4 Å². The van der Waals surface area contributed by atoms with Crippen molar-refractivity contribution in [3.8, 4) is 0 Å². The molecule has 128 valence electrons. The van der Waals surface area contributed by atoms with Crippen LogP contribution < -0.4 is 0 Å². The van der Waals surface area contributed by atoms with Gasteiger partial charge in [0.1, 0.15) is 11.0 Å². The third-order valence-electron chi connectivity index (χ3n) is 3.82. The van der Waals surface area contributed by atoms with E-state index in [0.29, 0.717) is 16.1 Å². The fraction of sp³-hybridized carbons (Fsp3) is 0.0500. The van der Waals surface area contributed by atoms with Gasteiger partial charge in [-0.25, -0.2) is 9.97 Å². The number of nitrogens with zero attached hydrogens (tertiary/aromatic N) is 3. The predicted molar refractivity (Wildman–Crippen MR) is 108 cm³/mol. The van der Waals surface area contributed by atoms with E-state index in [-0.39, 0.29) is 0 Å². The normalized spacial score (nSPS) is 11.4. The van der Waals surface area contributed by atoms with Gasteiger partial charge in [-0.1, -0.05) is 78.0 Å². The van der Waals surface area contributed by atoms with Gasteiger partial charge in [0.25, 0.3) is 0 Å². The maximum Gasteiger partial charge on any atom is 0.209 e. The van der Waals surface area contributed by atoms with E-state index in [4.69, 9.17) is 11.6 Å². The van der Waals surface area contributed by atoms with E-state index in [0.717, 1.165) is 27.9 Å². The molecule has 0 aliphatic carbocycles. The first-order chi connectivity index (χ1) is 12.8. The van der Waals surface area contributed by atoms with E-state index in [9.17, 15) is 0 Å². The van der Waals surface area contributed by atoms with Gasteiger partial charge >= 0.3 is 0 Å². The van der Waals surface area contributed by atoms with Crippen LogP contribution in [0.3, 0.4) is 0 Å². The number of H-pyrrole nitrogens is 1. The highest BCUT2D eigenvalue weighted by atomic mass is 35.5. The fourth-order valence-electron chi connectivity index (χ4n) is 2.52. The first-order valence-corrected chi connectivity index (χ1v) is 9.47. The smallest absolute Gasteiger partial charge is 0.209 e. The molecule has 2 aromatic heterocycles. The number of rotatable bonds is 5. The average molecular weight is 379 g/mol.